The quantitative estimate of drug-likeness (QED) is 0.617. The number of hydrogen-bond donors (Lipinski definition) is 0. The van der Waals surface area contributed by atoms with E-state index in [0.29, 0.717) is 6.42 Å². The lowest BCUT2D eigenvalue weighted by atomic mass is 10.1. The van der Waals surface area contributed by atoms with Crippen molar-refractivity contribution in [3.8, 4) is 0 Å². The second-order valence-corrected chi connectivity index (χ2v) is 3.45. The third-order valence-corrected chi connectivity index (χ3v) is 1.94. The van der Waals surface area contributed by atoms with Gasteiger partial charge in [0.1, 0.15) is 5.78 Å². The fourth-order valence-corrected chi connectivity index (χ4v) is 0.861. The van der Waals surface area contributed by atoms with Crippen molar-refractivity contribution >= 4 is 5.78 Å². The normalized spacial score (nSPS) is 11.3. The van der Waals surface area contributed by atoms with Gasteiger partial charge in [-0.1, -0.05) is 50.8 Å². The number of rotatable bonds is 5. The van der Waals surface area contributed by atoms with E-state index in [-0.39, 0.29) is 5.78 Å². The van der Waals surface area contributed by atoms with Crippen molar-refractivity contribution in [2.24, 2.45) is 0 Å². The van der Waals surface area contributed by atoms with E-state index in [1.165, 1.54) is 0 Å². The minimum atomic E-state index is 0.150. The molecule has 0 aliphatic heterocycles. The predicted molar refractivity (Wildman–Crippen MR) is 73.5 cm³/mol. The van der Waals surface area contributed by atoms with Crippen molar-refractivity contribution in [3.05, 3.63) is 48.1 Å². The Kier molecular flexibility index (Phi) is 10.8. The first kappa shape index (κ1) is 17.0. The van der Waals surface area contributed by atoms with E-state index < -0.39 is 0 Å². The summed E-state index contributed by atoms with van der Waals surface area (Å²) in [6, 6.07) is 0. The molecule has 0 aromatic heterocycles. The average molecular weight is 220 g/mol. The van der Waals surface area contributed by atoms with Crippen LogP contribution in [0.4, 0.5) is 0 Å². The molecule has 0 spiro atoms. The molecule has 0 amide bonds. The van der Waals surface area contributed by atoms with Crippen LogP contribution in [0, 0.1) is 0 Å². The van der Waals surface area contributed by atoms with Crippen molar-refractivity contribution in [1.29, 1.82) is 0 Å². The summed E-state index contributed by atoms with van der Waals surface area (Å²) in [5, 5.41) is 0. The Morgan fingerprint density at radius 1 is 1.12 bits per heavy atom. The lowest BCUT2D eigenvalue weighted by Gasteiger charge is -1.98. The largest absolute Gasteiger partial charge is 0.300 e. The van der Waals surface area contributed by atoms with E-state index in [4.69, 9.17) is 0 Å². The van der Waals surface area contributed by atoms with Gasteiger partial charge in [-0.05, 0) is 31.9 Å². The van der Waals surface area contributed by atoms with Gasteiger partial charge >= 0.3 is 0 Å². The van der Waals surface area contributed by atoms with Crippen LogP contribution in [0.5, 0.6) is 0 Å². The van der Waals surface area contributed by atoms with Gasteiger partial charge in [-0.3, -0.25) is 4.79 Å². The highest BCUT2D eigenvalue weighted by Crippen LogP contribution is 2.08. The molecule has 0 aromatic rings. The van der Waals surface area contributed by atoms with Gasteiger partial charge in [-0.15, -0.1) is 0 Å². The van der Waals surface area contributed by atoms with Crippen LogP contribution in [-0.2, 0) is 4.79 Å². The Bertz CT molecular complexity index is 303. The van der Waals surface area contributed by atoms with Gasteiger partial charge in [0.15, 0.2) is 0 Å². The summed E-state index contributed by atoms with van der Waals surface area (Å²) in [7, 11) is 0. The topological polar surface area (TPSA) is 17.1 Å². The summed E-state index contributed by atoms with van der Waals surface area (Å²) < 4.78 is 0. The maximum atomic E-state index is 10.9. The van der Waals surface area contributed by atoms with E-state index in [0.717, 1.165) is 16.7 Å². The first-order valence-electron chi connectivity index (χ1n) is 5.62. The Morgan fingerprint density at radius 2 is 1.62 bits per heavy atom. The van der Waals surface area contributed by atoms with Crippen molar-refractivity contribution in [2.75, 3.05) is 0 Å². The molecular formula is C15H24O. The first-order valence-corrected chi connectivity index (χ1v) is 5.62. The number of carbonyl (C=O) groups is 1. The molecule has 0 radical (unpaired) electrons. The molecule has 90 valence electrons. The maximum Gasteiger partial charge on any atom is 0.134 e. The van der Waals surface area contributed by atoms with Gasteiger partial charge < -0.3 is 0 Å². The van der Waals surface area contributed by atoms with Crippen LogP contribution in [0.2, 0.25) is 0 Å². The number of hydrogen-bond acceptors (Lipinski definition) is 1. The molecule has 0 aliphatic carbocycles. The Morgan fingerprint density at radius 3 is 1.94 bits per heavy atom. The molecule has 0 rings (SSSR count). The summed E-state index contributed by atoms with van der Waals surface area (Å²) in [6.07, 6.45) is 6.04. The summed E-state index contributed by atoms with van der Waals surface area (Å²) >= 11 is 0. The smallest absolute Gasteiger partial charge is 0.134 e. The summed E-state index contributed by atoms with van der Waals surface area (Å²) in [5.41, 5.74) is 3.10. The maximum absolute atomic E-state index is 10.9. The highest BCUT2D eigenvalue weighted by atomic mass is 16.1. The zero-order valence-corrected chi connectivity index (χ0v) is 11.3. The minimum Gasteiger partial charge on any atom is -0.300 e. The van der Waals surface area contributed by atoms with Crippen LogP contribution in [0.1, 0.15) is 41.0 Å². The Labute approximate surface area is 100 Å². The highest BCUT2D eigenvalue weighted by Gasteiger charge is 1.95. The van der Waals surface area contributed by atoms with E-state index in [2.05, 4.69) is 13.2 Å². The van der Waals surface area contributed by atoms with Crippen LogP contribution >= 0.6 is 0 Å². The second-order valence-electron chi connectivity index (χ2n) is 3.45. The molecular weight excluding hydrogens is 196 g/mol. The van der Waals surface area contributed by atoms with Crippen molar-refractivity contribution in [2.45, 2.75) is 41.0 Å². The number of carbonyl (C=O) groups excluding carboxylic acids is 1. The van der Waals surface area contributed by atoms with E-state index in [1.54, 1.807) is 13.0 Å². The van der Waals surface area contributed by atoms with Gasteiger partial charge in [-0.25, -0.2) is 0 Å². The highest BCUT2D eigenvalue weighted by molar-refractivity contribution is 5.78. The SMILES string of the molecule is C=C/C(=C\C=C(/C)C(=C)C)CC(C)=O.CC. The zero-order chi connectivity index (χ0) is 13.1. The molecule has 0 saturated carbocycles. The van der Waals surface area contributed by atoms with Crippen LogP contribution in [0.25, 0.3) is 0 Å². The number of Topliss-reactive ketones (excluding diaryl/α,β-unsaturated/α-hetero) is 1. The number of ketones is 1. The van der Waals surface area contributed by atoms with Crippen molar-refractivity contribution in [1.82, 2.24) is 0 Å². The van der Waals surface area contributed by atoms with Gasteiger partial charge in [0, 0.05) is 6.42 Å². The number of allylic oxidation sites excluding steroid dienone is 6. The second kappa shape index (κ2) is 10.2. The molecule has 0 atom stereocenters. The minimum absolute atomic E-state index is 0.150. The first-order chi connectivity index (χ1) is 7.47. The zero-order valence-electron chi connectivity index (χ0n) is 11.3. The molecule has 0 heterocycles. The van der Waals surface area contributed by atoms with E-state index >= 15 is 0 Å². The van der Waals surface area contributed by atoms with Gasteiger partial charge in [0.05, 0.1) is 0 Å². The van der Waals surface area contributed by atoms with Gasteiger partial charge in [-0.2, -0.15) is 0 Å². The van der Waals surface area contributed by atoms with Gasteiger partial charge in [0.25, 0.3) is 0 Å². The average Bonchev–Trinajstić information content (AvgIpc) is 2.25. The molecule has 0 N–H and O–H groups in total. The molecule has 1 heteroatoms. The summed E-state index contributed by atoms with van der Waals surface area (Å²) in [5.74, 6) is 0.150. The van der Waals surface area contributed by atoms with E-state index in [9.17, 15) is 4.79 Å². The van der Waals surface area contributed by atoms with Crippen LogP contribution in [-0.4, -0.2) is 5.78 Å². The van der Waals surface area contributed by atoms with Gasteiger partial charge in [0.2, 0.25) is 0 Å². The fraction of sp³-hybridized carbons (Fsp3) is 0.400. The Balaban J connectivity index is 0. The molecule has 0 aliphatic rings. The molecule has 0 bridgehead atoms. The van der Waals surface area contributed by atoms with Crippen LogP contribution in [0.3, 0.4) is 0 Å². The third-order valence-electron chi connectivity index (χ3n) is 1.94. The molecule has 0 aromatic carbocycles. The summed E-state index contributed by atoms with van der Waals surface area (Å²) in [4.78, 5) is 10.9. The van der Waals surface area contributed by atoms with Crippen molar-refractivity contribution in [3.63, 3.8) is 0 Å². The molecule has 16 heavy (non-hydrogen) atoms. The summed E-state index contributed by atoms with van der Waals surface area (Å²) in [6.45, 7) is 17.0. The van der Waals surface area contributed by atoms with Crippen LogP contribution in [0.15, 0.2) is 48.1 Å². The van der Waals surface area contributed by atoms with Crippen LogP contribution < -0.4 is 0 Å². The molecule has 0 fully saturated rings. The predicted octanol–water partition coefficient (Wildman–Crippen LogP) is 4.63. The Hall–Kier alpha value is -1.37. The molecule has 0 unspecified atom stereocenters. The monoisotopic (exact) mass is 220 g/mol. The molecule has 1 nitrogen and oxygen atoms in total. The standard InChI is InChI=1S/C13H18O.C2H6/c1-6-13(9-12(5)14)8-7-11(4)10(2)3;1-2/h6-8H,1-2,9H2,3-5H3;1-2H3/b11-7+,13-8+;. The molecule has 0 saturated heterocycles. The van der Waals surface area contributed by atoms with Crippen molar-refractivity contribution < 1.29 is 4.79 Å². The third kappa shape index (κ3) is 9.20. The fourth-order valence-electron chi connectivity index (χ4n) is 0.861. The lowest BCUT2D eigenvalue weighted by molar-refractivity contribution is -0.116. The lowest BCUT2D eigenvalue weighted by Crippen LogP contribution is -1.90. The van der Waals surface area contributed by atoms with E-state index in [1.807, 2.05) is 39.8 Å².